The molecule has 154 valence electrons. The normalized spacial score (nSPS) is 15.3. The lowest BCUT2D eigenvalue weighted by molar-refractivity contribution is -0.137. The second kappa shape index (κ2) is 7.58. The van der Waals surface area contributed by atoms with Crippen LogP contribution in [0.5, 0.6) is 5.75 Å². The highest BCUT2D eigenvalue weighted by Crippen LogP contribution is 2.40. The van der Waals surface area contributed by atoms with E-state index in [0.29, 0.717) is 0 Å². The van der Waals surface area contributed by atoms with Gasteiger partial charge in [-0.15, -0.1) is 0 Å². The summed E-state index contributed by atoms with van der Waals surface area (Å²) in [5, 5.41) is 8.76. The highest BCUT2D eigenvalue weighted by molar-refractivity contribution is 9.10. The summed E-state index contributed by atoms with van der Waals surface area (Å²) in [4.78, 5) is 35.9. The lowest BCUT2D eigenvalue weighted by Gasteiger charge is -2.24. The maximum Gasteiger partial charge on any atom is 0.534 e. The maximum absolute atomic E-state index is 12.7. The van der Waals surface area contributed by atoms with E-state index in [2.05, 4.69) is 20.1 Å². The third-order valence-electron chi connectivity index (χ3n) is 3.82. The summed E-state index contributed by atoms with van der Waals surface area (Å²) in [6.07, 6.45) is -0.828. The number of hydrogen-bond donors (Lipinski definition) is 2. The van der Waals surface area contributed by atoms with Crippen molar-refractivity contribution in [3.8, 4) is 5.75 Å². The molecule has 1 aliphatic heterocycles. The van der Waals surface area contributed by atoms with E-state index in [9.17, 15) is 36.0 Å². The molecule has 0 saturated heterocycles. The molecule has 0 saturated carbocycles. The molecule has 1 aromatic rings. The van der Waals surface area contributed by atoms with Gasteiger partial charge in [0.05, 0.1) is 10.0 Å². The third kappa shape index (κ3) is 4.22. The van der Waals surface area contributed by atoms with Crippen molar-refractivity contribution >= 4 is 43.8 Å². The molecule has 0 fully saturated rings. The number of nitrogens with two attached hydrogens (primary N) is 1. The van der Waals surface area contributed by atoms with Crippen molar-refractivity contribution in [2.45, 2.75) is 30.9 Å². The molecule has 14 heteroatoms. The number of carboxylic acids is 1. The molecule has 3 N–H and O–H groups in total. The minimum Gasteiger partial charge on any atom is -0.481 e. The Labute approximate surface area is 164 Å². The summed E-state index contributed by atoms with van der Waals surface area (Å²) in [5.74, 6) is -4.17. The molecule has 1 unspecified atom stereocenters. The molecule has 28 heavy (non-hydrogen) atoms. The maximum atomic E-state index is 12.7. The Kier molecular flexibility index (Phi) is 5.94. The highest BCUT2D eigenvalue weighted by atomic mass is 79.9. The van der Waals surface area contributed by atoms with Crippen LogP contribution in [0.3, 0.4) is 0 Å². The van der Waals surface area contributed by atoms with Crippen molar-refractivity contribution in [2.75, 3.05) is 0 Å². The molecule has 0 spiro atoms. The lowest BCUT2D eigenvalue weighted by atomic mass is 10.1. The van der Waals surface area contributed by atoms with Gasteiger partial charge in [0, 0.05) is 13.0 Å². The molecule has 1 heterocycles. The number of alkyl halides is 3. The monoisotopic (exact) mass is 488 g/mol. The number of carbonyl (C=O) groups is 3. The van der Waals surface area contributed by atoms with Gasteiger partial charge in [-0.25, -0.2) is 0 Å². The largest absolute Gasteiger partial charge is 0.534 e. The summed E-state index contributed by atoms with van der Waals surface area (Å²) in [7, 11) is -6.06. The standard InChI is InChI=1S/C14H12BrF3N2O7S/c15-7-2-1-6-5-20(8(12(19)23)3-4-9(21)22)13(24)10(6)11(7)27-28(25,26)14(16,17)18/h1-2,8H,3-5H2,(H2,19,23)(H,21,22). The van der Waals surface area contributed by atoms with Crippen LogP contribution in [-0.2, 0) is 26.3 Å². The summed E-state index contributed by atoms with van der Waals surface area (Å²) in [6.45, 7) is -0.295. The molecular formula is C14H12BrF3N2O7S. The Bertz CT molecular complexity index is 949. The number of aliphatic carboxylic acids is 1. The van der Waals surface area contributed by atoms with Gasteiger partial charge in [0.25, 0.3) is 5.91 Å². The van der Waals surface area contributed by atoms with Crippen LogP contribution in [0.4, 0.5) is 13.2 Å². The summed E-state index contributed by atoms with van der Waals surface area (Å²) < 4.78 is 64.5. The van der Waals surface area contributed by atoms with Gasteiger partial charge in [0.1, 0.15) is 6.04 Å². The van der Waals surface area contributed by atoms with Gasteiger partial charge >= 0.3 is 21.6 Å². The van der Waals surface area contributed by atoms with Crippen LogP contribution in [0.2, 0.25) is 0 Å². The second-order valence-electron chi connectivity index (χ2n) is 5.68. The van der Waals surface area contributed by atoms with Gasteiger partial charge in [-0.1, -0.05) is 6.07 Å². The summed E-state index contributed by atoms with van der Waals surface area (Å²) in [6, 6.07) is 1.13. The van der Waals surface area contributed by atoms with E-state index in [1.54, 1.807) is 0 Å². The lowest BCUT2D eigenvalue weighted by Crippen LogP contribution is -2.45. The van der Waals surface area contributed by atoms with Crippen LogP contribution < -0.4 is 9.92 Å². The van der Waals surface area contributed by atoms with Crippen molar-refractivity contribution < 1.29 is 45.3 Å². The number of halogens is 4. The van der Waals surface area contributed by atoms with Crippen LogP contribution in [0.1, 0.15) is 28.8 Å². The zero-order valence-electron chi connectivity index (χ0n) is 13.7. The van der Waals surface area contributed by atoms with Gasteiger partial charge in [-0.2, -0.15) is 21.6 Å². The van der Waals surface area contributed by atoms with Crippen molar-refractivity contribution in [2.24, 2.45) is 5.73 Å². The minimum atomic E-state index is -6.06. The first kappa shape index (κ1) is 21.9. The van der Waals surface area contributed by atoms with E-state index in [-0.39, 0.29) is 23.0 Å². The molecule has 1 atom stereocenters. The Balaban J connectivity index is 2.45. The number of rotatable bonds is 7. The number of carbonyl (C=O) groups excluding carboxylic acids is 2. The fourth-order valence-electron chi connectivity index (χ4n) is 2.57. The SMILES string of the molecule is NC(=O)C(CCC(=O)O)N1Cc2ccc(Br)c(OS(=O)(=O)C(F)(F)F)c2C1=O. The second-order valence-corrected chi connectivity index (χ2v) is 8.07. The Morgan fingerprint density at radius 2 is 1.96 bits per heavy atom. The Morgan fingerprint density at radius 1 is 1.36 bits per heavy atom. The third-order valence-corrected chi connectivity index (χ3v) is 5.40. The molecular weight excluding hydrogens is 477 g/mol. The summed E-state index contributed by atoms with van der Waals surface area (Å²) in [5.41, 5.74) is -0.924. The Morgan fingerprint density at radius 3 is 2.46 bits per heavy atom. The molecule has 2 rings (SSSR count). The molecule has 0 radical (unpaired) electrons. The van der Waals surface area contributed by atoms with Crippen molar-refractivity contribution in [3.05, 3.63) is 27.7 Å². The van der Waals surface area contributed by atoms with E-state index in [1.807, 2.05) is 0 Å². The van der Waals surface area contributed by atoms with Crippen LogP contribution in [-0.4, -0.2) is 47.8 Å². The zero-order valence-corrected chi connectivity index (χ0v) is 16.1. The fourth-order valence-corrected chi connectivity index (χ4v) is 3.57. The first-order chi connectivity index (χ1) is 12.8. The van der Waals surface area contributed by atoms with Crippen LogP contribution in [0.15, 0.2) is 16.6 Å². The van der Waals surface area contributed by atoms with Gasteiger partial charge in [0.2, 0.25) is 5.91 Å². The number of primary amides is 1. The average Bonchev–Trinajstić information content (AvgIpc) is 2.86. The predicted octanol–water partition coefficient (Wildman–Crippen LogP) is 1.35. The number of nitrogens with zero attached hydrogens (tertiary/aromatic N) is 1. The molecule has 1 aromatic carbocycles. The first-order valence-corrected chi connectivity index (χ1v) is 9.60. The van der Waals surface area contributed by atoms with E-state index < -0.39 is 57.2 Å². The van der Waals surface area contributed by atoms with E-state index in [1.165, 1.54) is 12.1 Å². The van der Waals surface area contributed by atoms with Crippen LogP contribution >= 0.6 is 15.9 Å². The van der Waals surface area contributed by atoms with Gasteiger partial charge in [-0.05, 0) is 34.0 Å². The van der Waals surface area contributed by atoms with Gasteiger partial charge < -0.3 is 19.9 Å². The predicted molar refractivity (Wildman–Crippen MR) is 89.5 cm³/mol. The number of amides is 2. The van der Waals surface area contributed by atoms with E-state index >= 15 is 0 Å². The van der Waals surface area contributed by atoms with Gasteiger partial charge in [-0.3, -0.25) is 14.4 Å². The average molecular weight is 489 g/mol. The van der Waals surface area contributed by atoms with Crippen LogP contribution in [0, 0.1) is 0 Å². The van der Waals surface area contributed by atoms with Crippen LogP contribution in [0.25, 0.3) is 0 Å². The molecule has 0 aromatic heterocycles. The molecule has 1 aliphatic rings. The van der Waals surface area contributed by atoms with Crippen molar-refractivity contribution in [3.63, 3.8) is 0 Å². The molecule has 0 aliphatic carbocycles. The van der Waals surface area contributed by atoms with Gasteiger partial charge in [0.15, 0.2) is 5.75 Å². The zero-order chi connectivity index (χ0) is 21.4. The quantitative estimate of drug-likeness (QED) is 0.435. The smallest absolute Gasteiger partial charge is 0.481 e. The molecule has 2 amide bonds. The molecule has 0 bridgehead atoms. The topological polar surface area (TPSA) is 144 Å². The van der Waals surface area contributed by atoms with Crippen molar-refractivity contribution in [1.29, 1.82) is 0 Å². The first-order valence-electron chi connectivity index (χ1n) is 7.40. The van der Waals surface area contributed by atoms with Crippen molar-refractivity contribution in [1.82, 2.24) is 4.90 Å². The number of carboxylic acid groups (broad SMARTS) is 1. The highest BCUT2D eigenvalue weighted by Gasteiger charge is 2.50. The molecule has 9 nitrogen and oxygen atoms in total. The summed E-state index contributed by atoms with van der Waals surface area (Å²) >= 11 is 2.84. The number of fused-ring (bicyclic) bond motifs is 1. The fraction of sp³-hybridized carbons (Fsp3) is 0.357. The number of hydrogen-bond acceptors (Lipinski definition) is 6. The number of benzene rings is 1. The Hall–Kier alpha value is -2.35. The van der Waals surface area contributed by atoms with E-state index in [0.717, 1.165) is 4.90 Å². The minimum absolute atomic E-state index is 0.0853. The van der Waals surface area contributed by atoms with E-state index in [4.69, 9.17) is 10.8 Å².